The zero-order chi connectivity index (χ0) is 15.0. The summed E-state index contributed by atoms with van der Waals surface area (Å²) in [5.41, 5.74) is 0. The zero-order valence-corrected chi connectivity index (χ0v) is 11.8. The minimum atomic E-state index is -0.786. The zero-order valence-electron chi connectivity index (χ0n) is 11.8. The second kappa shape index (κ2) is 8.84. The fourth-order valence-corrected chi connectivity index (χ4v) is 1.52. The van der Waals surface area contributed by atoms with Gasteiger partial charge in [-0.3, -0.25) is 9.59 Å². The van der Waals surface area contributed by atoms with Gasteiger partial charge in [-0.2, -0.15) is 0 Å². The van der Waals surface area contributed by atoms with E-state index in [-0.39, 0.29) is 25.0 Å². The molecule has 0 spiro atoms. The van der Waals surface area contributed by atoms with Gasteiger partial charge in [0.25, 0.3) is 0 Å². The number of hydrogen-bond donors (Lipinski definition) is 4. The SMILES string of the molecule is CC(=O)NCC(OC(C)[C@@H](CO)NC(C)=O)[C@H](C)O. The predicted octanol–water partition coefficient (Wildman–Crippen LogP) is -1.23. The fraction of sp³-hybridized carbons (Fsp3) is 0.833. The number of carbonyl (C=O) groups excluding carboxylic acids is 2. The molecule has 0 saturated carbocycles. The molecule has 112 valence electrons. The van der Waals surface area contributed by atoms with Crippen LogP contribution in [0.1, 0.15) is 27.7 Å². The molecule has 2 amide bonds. The third-order valence-corrected chi connectivity index (χ3v) is 2.63. The van der Waals surface area contributed by atoms with Crippen molar-refractivity contribution in [1.29, 1.82) is 0 Å². The maximum atomic E-state index is 11.0. The van der Waals surface area contributed by atoms with Gasteiger partial charge in [-0.25, -0.2) is 0 Å². The van der Waals surface area contributed by atoms with Crippen molar-refractivity contribution in [3.8, 4) is 0 Å². The molecule has 0 radical (unpaired) electrons. The van der Waals surface area contributed by atoms with Crippen LogP contribution in [0.3, 0.4) is 0 Å². The van der Waals surface area contributed by atoms with Crippen LogP contribution in [0.4, 0.5) is 0 Å². The Bertz CT molecular complexity index is 296. The van der Waals surface area contributed by atoms with Crippen molar-refractivity contribution in [1.82, 2.24) is 10.6 Å². The molecular formula is C12H24N2O5. The van der Waals surface area contributed by atoms with Gasteiger partial charge in [0, 0.05) is 20.4 Å². The number of hydrogen-bond acceptors (Lipinski definition) is 5. The first-order valence-corrected chi connectivity index (χ1v) is 6.23. The van der Waals surface area contributed by atoms with Gasteiger partial charge in [-0.1, -0.05) is 0 Å². The molecule has 0 aromatic carbocycles. The second-order valence-corrected chi connectivity index (χ2v) is 4.55. The van der Waals surface area contributed by atoms with Crippen LogP contribution < -0.4 is 10.6 Å². The molecule has 19 heavy (non-hydrogen) atoms. The van der Waals surface area contributed by atoms with E-state index in [0.29, 0.717) is 0 Å². The van der Waals surface area contributed by atoms with Crippen LogP contribution in [0.5, 0.6) is 0 Å². The lowest BCUT2D eigenvalue weighted by Crippen LogP contribution is -2.49. The number of aliphatic hydroxyl groups is 2. The lowest BCUT2D eigenvalue weighted by molar-refractivity contribution is -0.124. The van der Waals surface area contributed by atoms with Crippen LogP contribution in [0.15, 0.2) is 0 Å². The van der Waals surface area contributed by atoms with Crippen LogP contribution in [0.2, 0.25) is 0 Å². The maximum absolute atomic E-state index is 11.0. The van der Waals surface area contributed by atoms with Gasteiger partial charge in [0.15, 0.2) is 0 Å². The first-order chi connectivity index (χ1) is 8.77. The van der Waals surface area contributed by atoms with Crippen molar-refractivity contribution in [2.75, 3.05) is 13.2 Å². The van der Waals surface area contributed by atoms with Gasteiger partial charge < -0.3 is 25.6 Å². The Kier molecular flexibility index (Phi) is 8.29. The topological polar surface area (TPSA) is 108 Å². The minimum Gasteiger partial charge on any atom is -0.394 e. The van der Waals surface area contributed by atoms with Crippen LogP contribution in [0.25, 0.3) is 0 Å². The molecule has 0 aliphatic carbocycles. The fourth-order valence-electron chi connectivity index (χ4n) is 1.52. The standard InChI is InChI=1S/C12H24N2O5/c1-7(16)12(5-13-9(3)17)19-8(2)11(6-15)14-10(4)18/h7-8,11-12,15-16H,5-6H2,1-4H3,(H,13,17)(H,14,18)/t7-,8?,11+,12?/m0/s1. The van der Waals surface area contributed by atoms with Gasteiger partial charge in [-0.05, 0) is 13.8 Å². The summed E-state index contributed by atoms with van der Waals surface area (Å²) in [5.74, 6) is -0.493. The third kappa shape index (κ3) is 7.76. The van der Waals surface area contributed by atoms with Crippen LogP contribution >= 0.6 is 0 Å². The molecule has 0 aliphatic heterocycles. The normalized spacial score (nSPS) is 17.2. The Morgan fingerprint density at radius 1 is 1.21 bits per heavy atom. The molecule has 0 heterocycles. The van der Waals surface area contributed by atoms with E-state index < -0.39 is 24.4 Å². The minimum absolute atomic E-state index is 0.162. The largest absolute Gasteiger partial charge is 0.394 e. The molecule has 7 heteroatoms. The molecule has 2 unspecified atom stereocenters. The maximum Gasteiger partial charge on any atom is 0.217 e. The van der Waals surface area contributed by atoms with Crippen molar-refractivity contribution >= 4 is 11.8 Å². The third-order valence-electron chi connectivity index (χ3n) is 2.63. The van der Waals surface area contributed by atoms with Gasteiger partial charge in [-0.15, -0.1) is 0 Å². The van der Waals surface area contributed by atoms with E-state index in [9.17, 15) is 19.8 Å². The van der Waals surface area contributed by atoms with E-state index in [1.54, 1.807) is 13.8 Å². The molecule has 0 saturated heterocycles. The Hall–Kier alpha value is -1.18. The molecule has 0 fully saturated rings. The molecule has 0 aromatic rings. The van der Waals surface area contributed by atoms with Crippen LogP contribution in [-0.2, 0) is 14.3 Å². The number of carbonyl (C=O) groups is 2. The summed E-state index contributed by atoms with van der Waals surface area (Å²) in [6.07, 6.45) is -1.89. The number of aliphatic hydroxyl groups excluding tert-OH is 2. The van der Waals surface area contributed by atoms with Crippen LogP contribution in [-0.4, -0.2) is 59.5 Å². The Morgan fingerprint density at radius 2 is 1.79 bits per heavy atom. The summed E-state index contributed by atoms with van der Waals surface area (Å²) in [7, 11) is 0. The highest BCUT2D eigenvalue weighted by Gasteiger charge is 2.24. The number of ether oxygens (including phenoxy) is 1. The smallest absolute Gasteiger partial charge is 0.217 e. The highest BCUT2D eigenvalue weighted by Crippen LogP contribution is 2.07. The predicted molar refractivity (Wildman–Crippen MR) is 69.4 cm³/mol. The van der Waals surface area contributed by atoms with Crippen LogP contribution in [0, 0.1) is 0 Å². The van der Waals surface area contributed by atoms with E-state index in [0.717, 1.165) is 0 Å². The molecule has 0 rings (SSSR count). The summed E-state index contributed by atoms with van der Waals surface area (Å²) in [6, 6.07) is -0.559. The molecule has 4 atom stereocenters. The highest BCUT2D eigenvalue weighted by molar-refractivity contribution is 5.73. The number of amides is 2. The van der Waals surface area contributed by atoms with E-state index in [2.05, 4.69) is 10.6 Å². The molecular weight excluding hydrogens is 252 g/mol. The van der Waals surface area contributed by atoms with Gasteiger partial charge in [0.2, 0.25) is 11.8 Å². The number of nitrogens with one attached hydrogen (secondary N) is 2. The van der Waals surface area contributed by atoms with Gasteiger partial charge in [0.05, 0.1) is 24.9 Å². The first-order valence-electron chi connectivity index (χ1n) is 6.23. The van der Waals surface area contributed by atoms with E-state index >= 15 is 0 Å². The summed E-state index contributed by atoms with van der Waals surface area (Å²) in [6.45, 7) is 5.84. The molecule has 7 nitrogen and oxygen atoms in total. The Labute approximate surface area is 113 Å². The van der Waals surface area contributed by atoms with Crippen molar-refractivity contribution in [3.63, 3.8) is 0 Å². The van der Waals surface area contributed by atoms with Crippen molar-refractivity contribution in [2.45, 2.75) is 52.0 Å². The Balaban J connectivity index is 4.46. The summed E-state index contributed by atoms with van der Waals surface area (Å²) >= 11 is 0. The average molecular weight is 276 g/mol. The first kappa shape index (κ1) is 17.8. The molecule has 4 N–H and O–H groups in total. The summed E-state index contributed by atoms with van der Waals surface area (Å²) in [4.78, 5) is 21.8. The monoisotopic (exact) mass is 276 g/mol. The molecule has 0 aliphatic rings. The average Bonchev–Trinajstić information content (AvgIpc) is 2.30. The summed E-state index contributed by atoms with van der Waals surface area (Å²) in [5, 5.41) is 23.9. The summed E-state index contributed by atoms with van der Waals surface area (Å²) < 4.78 is 5.58. The lowest BCUT2D eigenvalue weighted by atomic mass is 10.1. The van der Waals surface area contributed by atoms with Gasteiger partial charge >= 0.3 is 0 Å². The van der Waals surface area contributed by atoms with Crippen molar-refractivity contribution < 1.29 is 24.5 Å². The van der Waals surface area contributed by atoms with E-state index in [1.807, 2.05) is 0 Å². The van der Waals surface area contributed by atoms with Crippen molar-refractivity contribution in [2.24, 2.45) is 0 Å². The molecule has 0 bridgehead atoms. The lowest BCUT2D eigenvalue weighted by Gasteiger charge is -2.29. The second-order valence-electron chi connectivity index (χ2n) is 4.55. The molecule has 0 aromatic heterocycles. The van der Waals surface area contributed by atoms with Gasteiger partial charge in [0.1, 0.15) is 6.10 Å². The van der Waals surface area contributed by atoms with E-state index in [1.165, 1.54) is 13.8 Å². The Morgan fingerprint density at radius 3 is 2.16 bits per heavy atom. The van der Waals surface area contributed by atoms with E-state index in [4.69, 9.17) is 4.74 Å². The number of rotatable bonds is 8. The van der Waals surface area contributed by atoms with Crippen molar-refractivity contribution in [3.05, 3.63) is 0 Å². The quantitative estimate of drug-likeness (QED) is 0.444. The highest BCUT2D eigenvalue weighted by atomic mass is 16.5.